The highest BCUT2D eigenvalue weighted by Gasteiger charge is 2.10. The number of carbonyl (C=O) groups excluding carboxylic acids is 1. The third kappa shape index (κ3) is 3.82. The number of rotatable bonds is 4. The van der Waals surface area contributed by atoms with Crippen LogP contribution in [0.15, 0.2) is 33.6 Å². The highest BCUT2D eigenvalue weighted by atomic mass is 32.2. The Morgan fingerprint density at radius 1 is 1.37 bits per heavy atom. The lowest BCUT2D eigenvalue weighted by atomic mass is 10.2. The minimum Gasteiger partial charge on any atom is -0.403 e. The number of thioether (sulfide) groups is 1. The van der Waals surface area contributed by atoms with Crippen LogP contribution in [0, 0.1) is 0 Å². The monoisotopic (exact) mass is 277 g/mol. The number of anilines is 1. The van der Waals surface area contributed by atoms with E-state index in [0.29, 0.717) is 11.1 Å². The number of nitrogens with one attached hydrogen (secondary N) is 1. The Kier molecular flexibility index (Phi) is 4.21. The molecular formula is C13H15N3O2S. The zero-order valence-corrected chi connectivity index (χ0v) is 11.8. The summed E-state index contributed by atoms with van der Waals surface area (Å²) in [5, 5.41) is 10.7. The molecule has 2 rings (SSSR count). The molecule has 0 aliphatic rings. The molecule has 6 heteroatoms. The molecule has 1 aromatic heterocycles. The number of carbonyl (C=O) groups is 1. The van der Waals surface area contributed by atoms with Crippen LogP contribution >= 0.6 is 11.8 Å². The molecule has 0 aliphatic carbocycles. The van der Waals surface area contributed by atoms with Gasteiger partial charge in [0.25, 0.3) is 0 Å². The molecule has 0 atom stereocenters. The smallest absolute Gasteiger partial charge is 0.322 e. The van der Waals surface area contributed by atoms with E-state index in [0.717, 1.165) is 10.5 Å². The second-order valence-corrected chi connectivity index (χ2v) is 5.94. The summed E-state index contributed by atoms with van der Waals surface area (Å²) in [6, 6.07) is 8.00. The maximum Gasteiger partial charge on any atom is 0.322 e. The molecule has 0 spiro atoms. The van der Waals surface area contributed by atoms with E-state index in [1.54, 1.807) is 11.8 Å². The van der Waals surface area contributed by atoms with Gasteiger partial charge in [0, 0.05) is 22.6 Å². The first-order valence-electron chi connectivity index (χ1n) is 5.93. The first-order chi connectivity index (χ1) is 9.04. The van der Waals surface area contributed by atoms with Gasteiger partial charge in [0.05, 0.1) is 0 Å². The molecule has 1 aromatic carbocycles. The fourth-order valence-electron chi connectivity index (χ4n) is 1.52. The minimum absolute atomic E-state index is 0.115. The van der Waals surface area contributed by atoms with E-state index in [2.05, 4.69) is 29.4 Å². The summed E-state index contributed by atoms with van der Waals surface area (Å²) in [6.45, 7) is 5.67. The van der Waals surface area contributed by atoms with Gasteiger partial charge in [0.2, 0.25) is 11.8 Å². The van der Waals surface area contributed by atoms with Crippen molar-refractivity contribution >= 4 is 23.7 Å². The molecule has 1 amide bonds. The molecule has 0 aliphatic heterocycles. The summed E-state index contributed by atoms with van der Waals surface area (Å²) in [6.07, 6.45) is 0. The number of hydrogen-bond donors (Lipinski definition) is 1. The van der Waals surface area contributed by atoms with Crippen LogP contribution in [0.3, 0.4) is 0 Å². The van der Waals surface area contributed by atoms with Gasteiger partial charge in [0.1, 0.15) is 0 Å². The average molecular weight is 277 g/mol. The summed E-state index contributed by atoms with van der Waals surface area (Å²) in [4.78, 5) is 12.0. The van der Waals surface area contributed by atoms with Crippen LogP contribution in [0.2, 0.25) is 0 Å². The SMILES string of the molecule is CC(=O)Nc1nnc(-c2cccc(SC(C)C)c2)o1. The van der Waals surface area contributed by atoms with Crippen molar-refractivity contribution in [2.24, 2.45) is 0 Å². The van der Waals surface area contributed by atoms with E-state index in [-0.39, 0.29) is 11.9 Å². The molecule has 1 N–H and O–H groups in total. The van der Waals surface area contributed by atoms with Crippen LogP contribution in [-0.4, -0.2) is 21.4 Å². The molecule has 0 bridgehead atoms. The number of nitrogens with zero attached hydrogens (tertiary/aromatic N) is 2. The molecule has 0 saturated heterocycles. The zero-order chi connectivity index (χ0) is 13.8. The topological polar surface area (TPSA) is 68.0 Å². The fraction of sp³-hybridized carbons (Fsp3) is 0.308. The highest BCUT2D eigenvalue weighted by molar-refractivity contribution is 7.99. The average Bonchev–Trinajstić information content (AvgIpc) is 2.76. The predicted molar refractivity (Wildman–Crippen MR) is 75.0 cm³/mol. The van der Waals surface area contributed by atoms with Gasteiger partial charge in [-0.25, -0.2) is 0 Å². The number of aromatic nitrogens is 2. The van der Waals surface area contributed by atoms with Crippen molar-refractivity contribution in [3.05, 3.63) is 24.3 Å². The van der Waals surface area contributed by atoms with Crippen molar-refractivity contribution in [1.29, 1.82) is 0 Å². The van der Waals surface area contributed by atoms with E-state index in [9.17, 15) is 4.79 Å². The predicted octanol–water partition coefficient (Wildman–Crippen LogP) is 3.20. The molecule has 0 saturated carbocycles. The van der Waals surface area contributed by atoms with Gasteiger partial charge >= 0.3 is 6.01 Å². The second-order valence-electron chi connectivity index (χ2n) is 4.29. The van der Waals surface area contributed by atoms with Crippen molar-refractivity contribution in [2.75, 3.05) is 5.32 Å². The van der Waals surface area contributed by atoms with Gasteiger partial charge in [-0.15, -0.1) is 16.9 Å². The van der Waals surface area contributed by atoms with E-state index in [4.69, 9.17) is 4.42 Å². The summed E-state index contributed by atoms with van der Waals surface area (Å²) < 4.78 is 5.38. The second kappa shape index (κ2) is 5.88. The molecule has 0 unspecified atom stereocenters. The molecule has 0 fully saturated rings. The largest absolute Gasteiger partial charge is 0.403 e. The van der Waals surface area contributed by atoms with Gasteiger partial charge in [-0.1, -0.05) is 25.0 Å². The maximum atomic E-state index is 10.9. The van der Waals surface area contributed by atoms with Crippen LogP contribution in [0.5, 0.6) is 0 Å². The molecule has 19 heavy (non-hydrogen) atoms. The van der Waals surface area contributed by atoms with Crippen molar-refractivity contribution < 1.29 is 9.21 Å². The van der Waals surface area contributed by atoms with Crippen LogP contribution in [-0.2, 0) is 4.79 Å². The lowest BCUT2D eigenvalue weighted by molar-refractivity contribution is -0.114. The lowest BCUT2D eigenvalue weighted by Gasteiger charge is -2.05. The summed E-state index contributed by atoms with van der Waals surface area (Å²) >= 11 is 1.77. The molecule has 0 radical (unpaired) electrons. The summed E-state index contributed by atoms with van der Waals surface area (Å²) in [5.41, 5.74) is 0.842. The van der Waals surface area contributed by atoms with E-state index in [1.165, 1.54) is 6.92 Å². The van der Waals surface area contributed by atoms with Gasteiger partial charge in [-0.05, 0) is 18.2 Å². The standard InChI is InChI=1S/C13H15N3O2S/c1-8(2)19-11-6-4-5-10(7-11)12-15-16-13(18-12)14-9(3)17/h4-8H,1-3H3,(H,14,16,17). The van der Waals surface area contributed by atoms with Crippen LogP contribution in [0.4, 0.5) is 6.01 Å². The van der Waals surface area contributed by atoms with Crippen molar-refractivity contribution in [2.45, 2.75) is 30.9 Å². The summed E-state index contributed by atoms with van der Waals surface area (Å²) in [7, 11) is 0. The lowest BCUT2D eigenvalue weighted by Crippen LogP contribution is -2.05. The quantitative estimate of drug-likeness (QED) is 0.869. The minimum atomic E-state index is -0.237. The normalized spacial score (nSPS) is 10.7. The van der Waals surface area contributed by atoms with Crippen LogP contribution < -0.4 is 5.32 Å². The Balaban J connectivity index is 2.21. The maximum absolute atomic E-state index is 10.9. The Bertz CT molecular complexity index is 581. The molecule has 1 heterocycles. The van der Waals surface area contributed by atoms with E-state index in [1.807, 2.05) is 24.3 Å². The highest BCUT2D eigenvalue weighted by Crippen LogP contribution is 2.28. The fourth-order valence-corrected chi connectivity index (χ4v) is 2.41. The zero-order valence-electron chi connectivity index (χ0n) is 11.0. The molecule has 2 aromatic rings. The Morgan fingerprint density at radius 3 is 2.84 bits per heavy atom. The number of amides is 1. The van der Waals surface area contributed by atoms with Crippen molar-refractivity contribution in [3.63, 3.8) is 0 Å². The third-order valence-electron chi connectivity index (χ3n) is 2.16. The van der Waals surface area contributed by atoms with E-state index < -0.39 is 0 Å². The molecular weight excluding hydrogens is 262 g/mol. The van der Waals surface area contributed by atoms with Gasteiger partial charge in [-0.3, -0.25) is 10.1 Å². The third-order valence-corrected chi connectivity index (χ3v) is 3.16. The van der Waals surface area contributed by atoms with Crippen LogP contribution in [0.25, 0.3) is 11.5 Å². The Hall–Kier alpha value is -1.82. The Morgan fingerprint density at radius 2 is 2.16 bits per heavy atom. The van der Waals surface area contributed by atoms with Gasteiger partial charge in [-0.2, -0.15) is 0 Å². The van der Waals surface area contributed by atoms with Crippen molar-refractivity contribution in [1.82, 2.24) is 10.2 Å². The Labute approximate surface area is 115 Å². The first kappa shape index (κ1) is 13.6. The first-order valence-corrected chi connectivity index (χ1v) is 6.81. The summed E-state index contributed by atoms with van der Waals surface area (Å²) in [5.74, 6) is 0.161. The van der Waals surface area contributed by atoms with E-state index >= 15 is 0 Å². The van der Waals surface area contributed by atoms with Crippen LogP contribution in [0.1, 0.15) is 20.8 Å². The molecule has 5 nitrogen and oxygen atoms in total. The molecule has 100 valence electrons. The van der Waals surface area contributed by atoms with Gasteiger partial charge < -0.3 is 4.42 Å². The van der Waals surface area contributed by atoms with Crippen molar-refractivity contribution in [3.8, 4) is 11.5 Å². The van der Waals surface area contributed by atoms with Gasteiger partial charge in [0.15, 0.2) is 0 Å². The number of benzene rings is 1. The number of hydrogen-bond acceptors (Lipinski definition) is 5.